The van der Waals surface area contributed by atoms with Crippen molar-refractivity contribution in [3.8, 4) is 0 Å². The highest BCUT2D eigenvalue weighted by atomic mass is 16.2. The number of nitrogens with one attached hydrogen (secondary N) is 1. The van der Waals surface area contributed by atoms with E-state index in [0.717, 1.165) is 51.1 Å². The molecule has 3 heterocycles. The van der Waals surface area contributed by atoms with Crippen LogP contribution < -0.4 is 10.2 Å². The van der Waals surface area contributed by atoms with Gasteiger partial charge in [-0.05, 0) is 61.6 Å². The van der Waals surface area contributed by atoms with Crippen molar-refractivity contribution < 1.29 is 9.59 Å². The van der Waals surface area contributed by atoms with Gasteiger partial charge in [0.15, 0.2) is 0 Å². The van der Waals surface area contributed by atoms with Gasteiger partial charge in [0.25, 0.3) is 0 Å². The average Bonchev–Trinajstić information content (AvgIpc) is 3.19. The van der Waals surface area contributed by atoms with Crippen LogP contribution in [0.3, 0.4) is 0 Å². The van der Waals surface area contributed by atoms with Gasteiger partial charge in [-0.15, -0.1) is 0 Å². The molecule has 2 amide bonds. The Balaban J connectivity index is 1.42. The predicted molar refractivity (Wildman–Crippen MR) is 117 cm³/mol. The van der Waals surface area contributed by atoms with E-state index in [1.54, 1.807) is 12.4 Å². The van der Waals surface area contributed by atoms with Crippen LogP contribution >= 0.6 is 0 Å². The largest absolute Gasteiger partial charge is 0.356 e. The van der Waals surface area contributed by atoms with Gasteiger partial charge in [-0.1, -0.05) is 18.2 Å². The molecule has 2 aromatic rings. The van der Waals surface area contributed by atoms with Gasteiger partial charge >= 0.3 is 0 Å². The lowest BCUT2D eigenvalue weighted by atomic mass is 9.97. The lowest BCUT2D eigenvalue weighted by Gasteiger charge is -2.25. The molecule has 0 bridgehead atoms. The van der Waals surface area contributed by atoms with Crippen molar-refractivity contribution in [1.29, 1.82) is 0 Å². The fraction of sp³-hybridized carbons (Fsp3) is 0.458. The summed E-state index contributed by atoms with van der Waals surface area (Å²) in [5, 5.41) is 3.01. The zero-order valence-electron chi connectivity index (χ0n) is 17.4. The Labute approximate surface area is 178 Å². The molecule has 0 spiro atoms. The Hall–Kier alpha value is -2.73. The van der Waals surface area contributed by atoms with Gasteiger partial charge in [0.1, 0.15) is 0 Å². The number of nitrogens with zero attached hydrogens (tertiary/aromatic N) is 3. The van der Waals surface area contributed by atoms with Crippen molar-refractivity contribution >= 4 is 17.5 Å². The first-order chi connectivity index (χ1) is 14.7. The Morgan fingerprint density at radius 3 is 2.73 bits per heavy atom. The van der Waals surface area contributed by atoms with Crippen LogP contribution in [-0.4, -0.2) is 47.9 Å². The molecule has 0 aliphatic carbocycles. The molecular weight excluding hydrogens is 376 g/mol. The number of rotatable bonds is 3. The van der Waals surface area contributed by atoms with E-state index >= 15 is 0 Å². The molecule has 4 rings (SSSR count). The fourth-order valence-corrected chi connectivity index (χ4v) is 4.49. The third-order valence-corrected chi connectivity index (χ3v) is 6.15. The summed E-state index contributed by atoms with van der Waals surface area (Å²) < 4.78 is 0. The first kappa shape index (κ1) is 20.5. The molecule has 1 aromatic heterocycles. The van der Waals surface area contributed by atoms with Crippen LogP contribution in [0.4, 0.5) is 5.69 Å². The number of pyridine rings is 1. The lowest BCUT2D eigenvalue weighted by molar-refractivity contribution is -0.124. The normalized spacial score (nSPS) is 20.9. The summed E-state index contributed by atoms with van der Waals surface area (Å²) in [4.78, 5) is 34.0. The number of hydrogen-bond acceptors (Lipinski definition) is 4. The summed E-state index contributed by atoms with van der Waals surface area (Å²) in [7, 11) is 0. The van der Waals surface area contributed by atoms with E-state index in [9.17, 15) is 9.59 Å². The average molecular weight is 407 g/mol. The quantitative estimate of drug-likeness (QED) is 0.851. The van der Waals surface area contributed by atoms with Crippen LogP contribution in [0.5, 0.6) is 0 Å². The molecule has 1 aromatic carbocycles. The molecule has 1 unspecified atom stereocenters. The third-order valence-electron chi connectivity index (χ3n) is 6.15. The van der Waals surface area contributed by atoms with Crippen LogP contribution in [0.25, 0.3) is 0 Å². The number of carbonyl (C=O) groups excluding carboxylic acids is 2. The minimum atomic E-state index is -0.0580. The van der Waals surface area contributed by atoms with E-state index in [0.29, 0.717) is 19.4 Å². The minimum Gasteiger partial charge on any atom is -0.356 e. The number of hydrogen-bond donors (Lipinski definition) is 1. The molecule has 30 heavy (non-hydrogen) atoms. The summed E-state index contributed by atoms with van der Waals surface area (Å²) in [5.74, 6) is 0.209. The molecule has 2 aliphatic rings. The second kappa shape index (κ2) is 9.85. The molecular formula is C24H30N4O2. The van der Waals surface area contributed by atoms with Crippen LogP contribution in [0, 0.1) is 5.92 Å². The van der Waals surface area contributed by atoms with Crippen LogP contribution in [0.2, 0.25) is 0 Å². The van der Waals surface area contributed by atoms with Gasteiger partial charge in [-0.25, -0.2) is 0 Å². The van der Waals surface area contributed by atoms with E-state index in [1.807, 2.05) is 35.2 Å². The summed E-state index contributed by atoms with van der Waals surface area (Å²) in [6.07, 6.45) is 7.52. The lowest BCUT2D eigenvalue weighted by Crippen LogP contribution is -2.37. The maximum Gasteiger partial charge on any atom is 0.230 e. The predicted octanol–water partition coefficient (Wildman–Crippen LogP) is 2.78. The standard InChI is InChI=1S/C24H30N4O2/c29-23-11-16-27(18-19-7-12-25-13-8-19)15-3-5-21(9-14-26-23)24(30)28-17-10-20-4-1-2-6-22(20)28/h1-2,4,6-8,12-13,21H,3,5,9-11,14-18H2,(H,26,29). The summed E-state index contributed by atoms with van der Waals surface area (Å²) >= 11 is 0. The Kier molecular flexibility index (Phi) is 6.74. The highest BCUT2D eigenvalue weighted by Gasteiger charge is 2.30. The van der Waals surface area contributed by atoms with Crippen LogP contribution in [0.1, 0.15) is 36.8 Å². The molecule has 6 heteroatoms. The number of para-hydroxylation sites is 1. The number of amides is 2. The van der Waals surface area contributed by atoms with Gasteiger partial charge in [0, 0.05) is 56.6 Å². The number of benzene rings is 1. The van der Waals surface area contributed by atoms with Crippen molar-refractivity contribution in [2.45, 2.75) is 38.6 Å². The van der Waals surface area contributed by atoms with E-state index in [-0.39, 0.29) is 17.7 Å². The second-order valence-corrected chi connectivity index (χ2v) is 8.23. The molecule has 158 valence electrons. The van der Waals surface area contributed by atoms with Gasteiger partial charge < -0.3 is 10.2 Å². The van der Waals surface area contributed by atoms with Crippen LogP contribution in [-0.2, 0) is 22.6 Å². The van der Waals surface area contributed by atoms with Gasteiger partial charge in [-0.2, -0.15) is 0 Å². The molecule has 1 saturated heterocycles. The summed E-state index contributed by atoms with van der Waals surface area (Å²) in [6, 6.07) is 12.2. The smallest absolute Gasteiger partial charge is 0.230 e. The zero-order chi connectivity index (χ0) is 20.8. The van der Waals surface area contributed by atoms with Crippen molar-refractivity contribution in [1.82, 2.24) is 15.2 Å². The number of anilines is 1. The zero-order valence-corrected chi connectivity index (χ0v) is 17.4. The van der Waals surface area contributed by atoms with E-state index in [2.05, 4.69) is 21.3 Å². The Bertz CT molecular complexity index is 871. The number of carbonyl (C=O) groups is 2. The summed E-state index contributed by atoms with van der Waals surface area (Å²) in [6.45, 7) is 3.74. The van der Waals surface area contributed by atoms with Gasteiger partial charge in [-0.3, -0.25) is 19.5 Å². The summed E-state index contributed by atoms with van der Waals surface area (Å²) in [5.41, 5.74) is 3.50. The SMILES string of the molecule is O=C1CCN(Cc2ccncc2)CCCC(C(=O)N2CCc3ccccc32)CCN1. The molecule has 1 N–H and O–H groups in total. The topological polar surface area (TPSA) is 65.5 Å². The van der Waals surface area contributed by atoms with Gasteiger partial charge in [0.05, 0.1) is 0 Å². The number of aromatic nitrogens is 1. The second-order valence-electron chi connectivity index (χ2n) is 8.23. The maximum atomic E-state index is 13.4. The Morgan fingerprint density at radius 2 is 1.87 bits per heavy atom. The molecule has 1 fully saturated rings. The molecule has 0 radical (unpaired) electrons. The first-order valence-electron chi connectivity index (χ1n) is 11.0. The van der Waals surface area contributed by atoms with Crippen molar-refractivity contribution in [3.05, 3.63) is 59.9 Å². The molecule has 6 nitrogen and oxygen atoms in total. The fourth-order valence-electron chi connectivity index (χ4n) is 4.49. The van der Waals surface area contributed by atoms with Crippen molar-refractivity contribution in [3.63, 3.8) is 0 Å². The maximum absolute atomic E-state index is 13.4. The van der Waals surface area contributed by atoms with Crippen molar-refractivity contribution in [2.75, 3.05) is 31.1 Å². The number of fused-ring (bicyclic) bond motifs is 1. The van der Waals surface area contributed by atoms with Crippen LogP contribution in [0.15, 0.2) is 48.8 Å². The van der Waals surface area contributed by atoms with E-state index < -0.39 is 0 Å². The third kappa shape index (κ3) is 5.05. The van der Waals surface area contributed by atoms with E-state index in [1.165, 1.54) is 11.1 Å². The molecule has 1 atom stereocenters. The highest BCUT2D eigenvalue weighted by molar-refractivity contribution is 5.97. The minimum absolute atomic E-state index is 0.0580. The van der Waals surface area contributed by atoms with Gasteiger partial charge in [0.2, 0.25) is 11.8 Å². The monoisotopic (exact) mass is 406 g/mol. The first-order valence-corrected chi connectivity index (χ1v) is 11.0. The van der Waals surface area contributed by atoms with Crippen molar-refractivity contribution in [2.24, 2.45) is 5.92 Å². The van der Waals surface area contributed by atoms with E-state index in [4.69, 9.17) is 0 Å². The Morgan fingerprint density at radius 1 is 1.03 bits per heavy atom. The molecule has 0 saturated carbocycles. The highest BCUT2D eigenvalue weighted by Crippen LogP contribution is 2.30. The molecule has 2 aliphatic heterocycles.